The molecule has 0 saturated heterocycles. The Balaban J connectivity index is 2.32. The third-order valence-corrected chi connectivity index (χ3v) is 2.25. The Morgan fingerprint density at radius 3 is 2.61 bits per heavy atom. The van der Waals surface area contributed by atoms with Crippen molar-refractivity contribution in [1.82, 2.24) is 9.78 Å². The highest BCUT2D eigenvalue weighted by molar-refractivity contribution is 5.45. The largest absolute Gasteiger partial charge is 0.573 e. The van der Waals surface area contributed by atoms with Crippen LogP contribution in [0.1, 0.15) is 5.69 Å². The standard InChI is InChI=1S/C11H10F3N3O/c1-7-10(15)6-17(16-7)8-3-2-4-9(5-8)18-11(12,13)14/h2-6H,15H2,1H3. The summed E-state index contributed by atoms with van der Waals surface area (Å²) < 4.78 is 41.5. The lowest BCUT2D eigenvalue weighted by atomic mass is 10.3. The highest BCUT2D eigenvalue weighted by Crippen LogP contribution is 2.24. The van der Waals surface area contributed by atoms with Gasteiger partial charge in [-0.1, -0.05) is 6.07 Å². The molecule has 0 amide bonds. The molecule has 0 saturated carbocycles. The number of nitrogens with zero attached hydrogens (tertiary/aromatic N) is 2. The lowest BCUT2D eigenvalue weighted by molar-refractivity contribution is -0.274. The first-order valence-electron chi connectivity index (χ1n) is 5.03. The normalized spacial score (nSPS) is 11.6. The Hall–Kier alpha value is -2.18. The van der Waals surface area contributed by atoms with Crippen molar-refractivity contribution in [2.24, 2.45) is 0 Å². The lowest BCUT2D eigenvalue weighted by Gasteiger charge is -2.09. The molecule has 0 unspecified atom stereocenters. The molecule has 1 aromatic heterocycles. The van der Waals surface area contributed by atoms with Crippen LogP contribution in [0.15, 0.2) is 30.5 Å². The Kier molecular flexibility index (Phi) is 2.90. The highest BCUT2D eigenvalue weighted by atomic mass is 19.4. The minimum atomic E-state index is -4.71. The molecule has 0 aliphatic heterocycles. The summed E-state index contributed by atoms with van der Waals surface area (Å²) in [5.41, 5.74) is 7.14. The molecule has 0 atom stereocenters. The van der Waals surface area contributed by atoms with Crippen LogP contribution in [0.5, 0.6) is 5.75 Å². The third-order valence-electron chi connectivity index (χ3n) is 2.25. The molecule has 0 bridgehead atoms. The van der Waals surface area contributed by atoms with Crippen LogP contribution < -0.4 is 10.5 Å². The molecule has 96 valence electrons. The topological polar surface area (TPSA) is 53.1 Å². The van der Waals surface area contributed by atoms with Gasteiger partial charge in [0.1, 0.15) is 5.75 Å². The van der Waals surface area contributed by atoms with Gasteiger partial charge in [0.25, 0.3) is 0 Å². The van der Waals surface area contributed by atoms with E-state index >= 15 is 0 Å². The van der Waals surface area contributed by atoms with Gasteiger partial charge in [-0.25, -0.2) is 4.68 Å². The first-order valence-corrected chi connectivity index (χ1v) is 5.03. The SMILES string of the molecule is Cc1nn(-c2cccc(OC(F)(F)F)c2)cc1N. The van der Waals surface area contributed by atoms with Crippen molar-refractivity contribution in [3.8, 4) is 11.4 Å². The fraction of sp³-hybridized carbons (Fsp3) is 0.182. The molecule has 2 rings (SSSR count). The molecule has 0 aliphatic rings. The predicted molar refractivity (Wildman–Crippen MR) is 59.4 cm³/mol. The van der Waals surface area contributed by atoms with Gasteiger partial charge < -0.3 is 10.5 Å². The molecule has 0 fully saturated rings. The van der Waals surface area contributed by atoms with Crippen molar-refractivity contribution in [1.29, 1.82) is 0 Å². The van der Waals surface area contributed by atoms with Crippen LogP contribution in [0.25, 0.3) is 5.69 Å². The fourth-order valence-corrected chi connectivity index (χ4v) is 1.43. The van der Waals surface area contributed by atoms with E-state index in [1.165, 1.54) is 29.1 Å². The van der Waals surface area contributed by atoms with Gasteiger partial charge in [0.05, 0.1) is 23.3 Å². The quantitative estimate of drug-likeness (QED) is 0.899. The number of hydrogen-bond acceptors (Lipinski definition) is 3. The average Bonchev–Trinajstić information content (AvgIpc) is 2.57. The molecule has 1 aromatic carbocycles. The summed E-state index contributed by atoms with van der Waals surface area (Å²) in [5, 5.41) is 4.07. The second-order valence-electron chi connectivity index (χ2n) is 3.66. The van der Waals surface area contributed by atoms with Gasteiger partial charge in [-0.15, -0.1) is 13.2 Å². The van der Waals surface area contributed by atoms with Crippen LogP contribution >= 0.6 is 0 Å². The molecule has 2 N–H and O–H groups in total. The van der Waals surface area contributed by atoms with E-state index in [1.54, 1.807) is 13.0 Å². The Bertz CT molecular complexity index is 543. The van der Waals surface area contributed by atoms with Crippen LogP contribution in [0.4, 0.5) is 18.9 Å². The highest BCUT2D eigenvalue weighted by Gasteiger charge is 2.31. The monoisotopic (exact) mass is 257 g/mol. The van der Waals surface area contributed by atoms with Gasteiger partial charge in [-0.3, -0.25) is 0 Å². The first kappa shape index (κ1) is 12.3. The van der Waals surface area contributed by atoms with Crippen LogP contribution in [-0.2, 0) is 0 Å². The maximum atomic E-state index is 12.1. The molecule has 4 nitrogen and oxygen atoms in total. The Morgan fingerprint density at radius 2 is 2.06 bits per heavy atom. The number of halogens is 3. The number of rotatable bonds is 2. The summed E-state index contributed by atoms with van der Waals surface area (Å²) in [4.78, 5) is 0. The van der Waals surface area contributed by atoms with Gasteiger partial charge in [-0.2, -0.15) is 5.10 Å². The van der Waals surface area contributed by atoms with Crippen molar-refractivity contribution < 1.29 is 17.9 Å². The van der Waals surface area contributed by atoms with E-state index in [2.05, 4.69) is 9.84 Å². The average molecular weight is 257 g/mol. The third kappa shape index (κ3) is 2.73. The summed E-state index contributed by atoms with van der Waals surface area (Å²) >= 11 is 0. The number of anilines is 1. The van der Waals surface area contributed by atoms with Crippen molar-refractivity contribution >= 4 is 5.69 Å². The minimum Gasteiger partial charge on any atom is -0.406 e. The van der Waals surface area contributed by atoms with Crippen LogP contribution in [0, 0.1) is 6.92 Å². The second-order valence-corrected chi connectivity index (χ2v) is 3.66. The molecule has 0 radical (unpaired) electrons. The van der Waals surface area contributed by atoms with Crippen molar-refractivity contribution in [3.63, 3.8) is 0 Å². The van der Waals surface area contributed by atoms with E-state index in [-0.39, 0.29) is 5.75 Å². The Morgan fingerprint density at radius 1 is 1.33 bits per heavy atom. The number of alkyl halides is 3. The van der Waals surface area contributed by atoms with Crippen molar-refractivity contribution in [2.45, 2.75) is 13.3 Å². The van der Waals surface area contributed by atoms with E-state index in [4.69, 9.17) is 5.73 Å². The summed E-state index contributed by atoms with van der Waals surface area (Å²) in [6, 6.07) is 5.51. The number of aromatic nitrogens is 2. The molecule has 1 heterocycles. The number of nitrogens with two attached hydrogens (primary N) is 1. The smallest absolute Gasteiger partial charge is 0.406 e. The van der Waals surface area contributed by atoms with E-state index in [1.807, 2.05) is 0 Å². The van der Waals surface area contributed by atoms with E-state index in [0.29, 0.717) is 17.1 Å². The minimum absolute atomic E-state index is 0.299. The number of hydrogen-bond donors (Lipinski definition) is 1. The van der Waals surface area contributed by atoms with E-state index in [9.17, 15) is 13.2 Å². The number of benzene rings is 1. The van der Waals surface area contributed by atoms with Crippen molar-refractivity contribution in [3.05, 3.63) is 36.2 Å². The fourth-order valence-electron chi connectivity index (χ4n) is 1.43. The predicted octanol–water partition coefficient (Wildman–Crippen LogP) is 2.66. The molecule has 18 heavy (non-hydrogen) atoms. The van der Waals surface area contributed by atoms with Gasteiger partial charge in [0.15, 0.2) is 0 Å². The summed E-state index contributed by atoms with van der Waals surface area (Å²) in [5.74, 6) is -0.299. The zero-order valence-electron chi connectivity index (χ0n) is 9.40. The van der Waals surface area contributed by atoms with Crippen molar-refractivity contribution in [2.75, 3.05) is 5.73 Å². The number of aryl methyl sites for hydroxylation is 1. The maximum absolute atomic E-state index is 12.1. The molecule has 7 heteroatoms. The summed E-state index contributed by atoms with van der Waals surface area (Å²) in [7, 11) is 0. The molecular weight excluding hydrogens is 247 g/mol. The Labute approximate surface area is 101 Å². The van der Waals surface area contributed by atoms with Crippen LogP contribution in [0.3, 0.4) is 0 Å². The summed E-state index contributed by atoms with van der Waals surface area (Å²) in [6.07, 6.45) is -3.18. The maximum Gasteiger partial charge on any atom is 0.573 e. The molecule has 0 aliphatic carbocycles. The molecular formula is C11H10F3N3O. The van der Waals surface area contributed by atoms with Gasteiger partial charge >= 0.3 is 6.36 Å². The zero-order chi connectivity index (χ0) is 13.3. The number of ether oxygens (including phenoxy) is 1. The number of nitrogen functional groups attached to an aromatic ring is 1. The molecule has 0 spiro atoms. The van der Waals surface area contributed by atoms with Gasteiger partial charge in [0.2, 0.25) is 0 Å². The van der Waals surface area contributed by atoms with Gasteiger partial charge in [0, 0.05) is 6.07 Å². The lowest BCUT2D eigenvalue weighted by Crippen LogP contribution is -2.17. The van der Waals surface area contributed by atoms with E-state index in [0.717, 1.165) is 0 Å². The second kappa shape index (κ2) is 4.25. The van der Waals surface area contributed by atoms with Gasteiger partial charge in [-0.05, 0) is 19.1 Å². The van der Waals surface area contributed by atoms with Crippen LogP contribution in [-0.4, -0.2) is 16.1 Å². The van der Waals surface area contributed by atoms with Crippen LogP contribution in [0.2, 0.25) is 0 Å². The van der Waals surface area contributed by atoms with E-state index < -0.39 is 6.36 Å². The molecule has 2 aromatic rings. The zero-order valence-corrected chi connectivity index (χ0v) is 9.40. The first-order chi connectivity index (χ1) is 8.35. The summed E-state index contributed by atoms with van der Waals surface area (Å²) in [6.45, 7) is 1.71.